The second kappa shape index (κ2) is 8.60. The number of rotatable bonds is 7. The third kappa shape index (κ3) is 4.06. The topological polar surface area (TPSA) is 132 Å². The van der Waals surface area contributed by atoms with E-state index in [1.54, 1.807) is 9.80 Å². The van der Waals surface area contributed by atoms with Crippen LogP contribution in [-0.4, -0.2) is 54.3 Å². The zero-order chi connectivity index (χ0) is 17.4. The molecule has 1 fully saturated rings. The molecule has 0 aliphatic carbocycles. The average molecular weight is 331 g/mol. The van der Waals surface area contributed by atoms with Gasteiger partial charge in [-0.1, -0.05) is 0 Å². The van der Waals surface area contributed by atoms with Gasteiger partial charge in [-0.05, 0) is 0 Å². The SMILES string of the molecule is N#CCCN(CCC#N)c1ncnc(N2CCOCC2)c1[N+](=O)[O-]. The van der Waals surface area contributed by atoms with E-state index < -0.39 is 4.92 Å². The fraction of sp³-hybridized carbons (Fsp3) is 0.571. The molecular formula is C14H17N7O3. The van der Waals surface area contributed by atoms with Crippen LogP contribution in [0.5, 0.6) is 0 Å². The monoisotopic (exact) mass is 331 g/mol. The maximum absolute atomic E-state index is 11.6. The minimum Gasteiger partial charge on any atom is -0.378 e. The lowest BCUT2D eigenvalue weighted by Gasteiger charge is -2.28. The van der Waals surface area contributed by atoms with Crippen LogP contribution in [0.1, 0.15) is 12.8 Å². The zero-order valence-corrected chi connectivity index (χ0v) is 13.1. The molecule has 10 heteroatoms. The molecule has 1 saturated heterocycles. The van der Waals surface area contributed by atoms with Crippen molar-refractivity contribution in [3.8, 4) is 12.1 Å². The lowest BCUT2D eigenvalue weighted by Crippen LogP contribution is -2.37. The molecule has 1 aromatic rings. The second-order valence-corrected chi connectivity index (χ2v) is 5.03. The summed E-state index contributed by atoms with van der Waals surface area (Å²) in [6.45, 7) is 2.49. The van der Waals surface area contributed by atoms with Crippen molar-refractivity contribution in [2.45, 2.75) is 12.8 Å². The molecule has 0 N–H and O–H groups in total. The molecule has 0 radical (unpaired) electrons. The standard InChI is InChI=1S/C14H17N7O3/c15-3-1-5-19(6-2-4-16)13-12(21(22)23)14(18-11-17-13)20-7-9-24-10-8-20/h11H,1-2,5-10H2. The number of morpholine rings is 1. The molecule has 2 rings (SSSR count). The van der Waals surface area contributed by atoms with Crippen LogP contribution in [0.25, 0.3) is 0 Å². The number of nitro groups is 1. The summed E-state index contributed by atoms with van der Waals surface area (Å²) in [4.78, 5) is 22.7. The van der Waals surface area contributed by atoms with Gasteiger partial charge >= 0.3 is 5.69 Å². The maximum Gasteiger partial charge on any atom is 0.353 e. The number of nitrogens with zero attached hydrogens (tertiary/aromatic N) is 7. The summed E-state index contributed by atoms with van der Waals surface area (Å²) < 4.78 is 5.27. The molecule has 1 aromatic heterocycles. The molecule has 0 aromatic carbocycles. The number of anilines is 2. The molecule has 10 nitrogen and oxygen atoms in total. The van der Waals surface area contributed by atoms with Gasteiger partial charge in [0.25, 0.3) is 0 Å². The van der Waals surface area contributed by atoms with Crippen LogP contribution in [0.3, 0.4) is 0 Å². The Morgan fingerprint density at radius 3 is 2.42 bits per heavy atom. The third-order valence-corrected chi connectivity index (χ3v) is 3.56. The van der Waals surface area contributed by atoms with E-state index in [1.165, 1.54) is 6.33 Å². The molecule has 0 bridgehead atoms. The van der Waals surface area contributed by atoms with E-state index in [-0.39, 0.29) is 43.3 Å². The van der Waals surface area contributed by atoms with Gasteiger partial charge in [0.2, 0.25) is 11.6 Å². The van der Waals surface area contributed by atoms with Gasteiger partial charge in [-0.15, -0.1) is 0 Å². The molecule has 0 amide bonds. The minimum atomic E-state index is -0.508. The van der Waals surface area contributed by atoms with Crippen molar-refractivity contribution in [3.63, 3.8) is 0 Å². The molecule has 126 valence electrons. The van der Waals surface area contributed by atoms with Gasteiger partial charge in [0.15, 0.2) is 0 Å². The molecule has 0 spiro atoms. The molecule has 2 heterocycles. The van der Waals surface area contributed by atoms with Gasteiger partial charge in [-0.25, -0.2) is 9.97 Å². The van der Waals surface area contributed by atoms with Crippen molar-refractivity contribution in [3.05, 3.63) is 16.4 Å². The van der Waals surface area contributed by atoms with E-state index in [4.69, 9.17) is 15.3 Å². The summed E-state index contributed by atoms with van der Waals surface area (Å²) in [5.41, 5.74) is -0.199. The minimum absolute atomic E-state index is 0.141. The van der Waals surface area contributed by atoms with Crippen LogP contribution >= 0.6 is 0 Å². The first-order valence-corrected chi connectivity index (χ1v) is 7.50. The Balaban J connectivity index is 2.41. The van der Waals surface area contributed by atoms with E-state index in [0.717, 1.165) is 0 Å². The van der Waals surface area contributed by atoms with Gasteiger partial charge in [-0.2, -0.15) is 10.5 Å². The van der Waals surface area contributed by atoms with Gasteiger partial charge in [-0.3, -0.25) is 10.1 Å². The first kappa shape index (κ1) is 17.4. The van der Waals surface area contributed by atoms with Crippen LogP contribution in [-0.2, 0) is 4.74 Å². The van der Waals surface area contributed by atoms with Crippen LogP contribution < -0.4 is 9.80 Å². The summed E-state index contributed by atoms with van der Waals surface area (Å²) in [6, 6.07) is 4.01. The number of ether oxygens (including phenoxy) is 1. The van der Waals surface area contributed by atoms with Crippen molar-refractivity contribution >= 4 is 17.3 Å². The van der Waals surface area contributed by atoms with Gasteiger partial charge in [0.05, 0.1) is 43.1 Å². The zero-order valence-electron chi connectivity index (χ0n) is 13.1. The third-order valence-electron chi connectivity index (χ3n) is 3.56. The summed E-state index contributed by atoms with van der Waals surface area (Å²) in [6.07, 6.45) is 1.64. The Kier molecular flexibility index (Phi) is 6.23. The number of aromatic nitrogens is 2. The quantitative estimate of drug-likeness (QED) is 0.526. The first-order valence-electron chi connectivity index (χ1n) is 7.50. The van der Waals surface area contributed by atoms with E-state index in [0.29, 0.717) is 26.3 Å². The summed E-state index contributed by atoms with van der Waals surface area (Å²) >= 11 is 0. The lowest BCUT2D eigenvalue weighted by atomic mass is 10.3. The summed E-state index contributed by atoms with van der Waals surface area (Å²) in [5.74, 6) is 0.384. The van der Waals surface area contributed by atoms with Gasteiger partial charge in [0.1, 0.15) is 6.33 Å². The highest BCUT2D eigenvalue weighted by Gasteiger charge is 2.30. The fourth-order valence-electron chi connectivity index (χ4n) is 2.46. The van der Waals surface area contributed by atoms with Crippen molar-refractivity contribution in [1.29, 1.82) is 10.5 Å². The average Bonchev–Trinajstić information content (AvgIpc) is 2.62. The number of hydrogen-bond donors (Lipinski definition) is 0. The Morgan fingerprint density at radius 2 is 1.88 bits per heavy atom. The molecular weight excluding hydrogens is 314 g/mol. The Hall–Kier alpha value is -2.98. The highest BCUT2D eigenvalue weighted by atomic mass is 16.6. The van der Waals surface area contributed by atoms with E-state index in [9.17, 15) is 10.1 Å². The lowest BCUT2D eigenvalue weighted by molar-refractivity contribution is -0.383. The highest BCUT2D eigenvalue weighted by Crippen LogP contribution is 2.34. The Labute approximate surface area is 139 Å². The largest absolute Gasteiger partial charge is 0.378 e. The van der Waals surface area contributed by atoms with Crippen molar-refractivity contribution in [1.82, 2.24) is 9.97 Å². The normalized spacial score (nSPS) is 13.8. The molecule has 0 unspecified atom stereocenters. The smallest absolute Gasteiger partial charge is 0.353 e. The van der Waals surface area contributed by atoms with Crippen molar-refractivity contribution in [2.24, 2.45) is 0 Å². The molecule has 1 aliphatic heterocycles. The van der Waals surface area contributed by atoms with E-state index >= 15 is 0 Å². The molecule has 1 aliphatic rings. The Bertz CT molecular complexity index is 643. The van der Waals surface area contributed by atoms with E-state index in [1.807, 2.05) is 12.1 Å². The van der Waals surface area contributed by atoms with Crippen LogP contribution in [0.2, 0.25) is 0 Å². The van der Waals surface area contributed by atoms with Crippen LogP contribution in [0.4, 0.5) is 17.3 Å². The van der Waals surface area contributed by atoms with Gasteiger partial charge in [0, 0.05) is 26.2 Å². The highest BCUT2D eigenvalue weighted by molar-refractivity contribution is 5.71. The number of nitriles is 2. The van der Waals surface area contributed by atoms with Gasteiger partial charge < -0.3 is 14.5 Å². The summed E-state index contributed by atoms with van der Waals surface area (Å²) in [5, 5.41) is 29.2. The first-order chi connectivity index (χ1) is 11.7. The maximum atomic E-state index is 11.6. The molecule has 0 saturated carbocycles. The molecule has 0 atom stereocenters. The van der Waals surface area contributed by atoms with E-state index in [2.05, 4.69) is 9.97 Å². The van der Waals surface area contributed by atoms with Crippen LogP contribution in [0, 0.1) is 32.8 Å². The molecule has 24 heavy (non-hydrogen) atoms. The van der Waals surface area contributed by atoms with Crippen LogP contribution in [0.15, 0.2) is 6.33 Å². The van der Waals surface area contributed by atoms with Crippen molar-refractivity contribution in [2.75, 3.05) is 49.2 Å². The van der Waals surface area contributed by atoms with Crippen molar-refractivity contribution < 1.29 is 9.66 Å². The Morgan fingerprint density at radius 1 is 1.25 bits per heavy atom. The second-order valence-electron chi connectivity index (χ2n) is 5.03. The predicted molar refractivity (Wildman–Crippen MR) is 84.4 cm³/mol. The number of hydrogen-bond acceptors (Lipinski definition) is 9. The summed E-state index contributed by atoms with van der Waals surface area (Å²) in [7, 11) is 0. The fourth-order valence-corrected chi connectivity index (χ4v) is 2.46. The predicted octanol–water partition coefficient (Wildman–Crippen LogP) is 0.855.